The summed E-state index contributed by atoms with van der Waals surface area (Å²) in [6, 6.07) is 10.6. The number of unbranched alkanes of at least 4 members (excludes halogenated alkanes) is 6. The Bertz CT molecular complexity index is 359. The summed E-state index contributed by atoms with van der Waals surface area (Å²) in [5, 5.41) is 0. The molecule has 0 aromatic heterocycles. The molecule has 0 aliphatic carbocycles. The van der Waals surface area contributed by atoms with Crippen LogP contribution in [-0.2, 0) is 0 Å². The highest BCUT2D eigenvalue weighted by Crippen LogP contribution is 2.26. The average Bonchev–Trinajstić information content (AvgIpc) is 2.45. The van der Waals surface area contributed by atoms with E-state index in [-0.39, 0.29) is 0 Å². The summed E-state index contributed by atoms with van der Waals surface area (Å²) < 4.78 is 0. The van der Waals surface area contributed by atoms with Gasteiger partial charge in [-0.1, -0.05) is 108 Å². The molecule has 0 saturated carbocycles. The highest BCUT2D eigenvalue weighted by molar-refractivity contribution is 5.49. The van der Waals surface area contributed by atoms with Crippen molar-refractivity contribution in [2.24, 2.45) is 5.41 Å². The maximum absolute atomic E-state index is 2.37. The third kappa shape index (κ3) is 8.19. The number of rotatable bonds is 10. The summed E-state index contributed by atoms with van der Waals surface area (Å²) in [5.41, 5.74) is 1.62. The highest BCUT2D eigenvalue weighted by atomic mass is 14.2. The Labute approximate surface area is 126 Å². The molecule has 0 amide bonds. The van der Waals surface area contributed by atoms with Gasteiger partial charge < -0.3 is 0 Å². The Hall–Kier alpha value is -1.04. The van der Waals surface area contributed by atoms with Gasteiger partial charge in [-0.25, -0.2) is 0 Å². The lowest BCUT2D eigenvalue weighted by molar-refractivity contribution is 0.409. The van der Waals surface area contributed by atoms with E-state index in [1.54, 1.807) is 0 Å². The van der Waals surface area contributed by atoms with E-state index >= 15 is 0 Å². The first kappa shape index (κ1) is 17.0. The Balaban J connectivity index is 2.19. The molecule has 0 heteroatoms. The molecule has 20 heavy (non-hydrogen) atoms. The zero-order chi connectivity index (χ0) is 14.7. The van der Waals surface area contributed by atoms with Crippen LogP contribution < -0.4 is 0 Å². The van der Waals surface area contributed by atoms with Crippen molar-refractivity contribution >= 4 is 6.08 Å². The second-order valence-corrected chi connectivity index (χ2v) is 6.60. The molecule has 0 aliphatic heterocycles. The molecule has 0 atom stereocenters. The summed E-state index contributed by atoms with van der Waals surface area (Å²) in [7, 11) is 0. The van der Waals surface area contributed by atoms with E-state index in [2.05, 4.69) is 63.3 Å². The Morgan fingerprint density at radius 1 is 0.850 bits per heavy atom. The van der Waals surface area contributed by atoms with Gasteiger partial charge in [0, 0.05) is 0 Å². The lowest BCUT2D eigenvalue weighted by atomic mass is 9.86. The van der Waals surface area contributed by atoms with Gasteiger partial charge in [-0.05, 0) is 17.4 Å². The van der Waals surface area contributed by atoms with Gasteiger partial charge in [-0.15, -0.1) is 0 Å². The van der Waals surface area contributed by atoms with Gasteiger partial charge in [0.15, 0.2) is 0 Å². The number of benzene rings is 1. The molecule has 0 radical (unpaired) electrons. The van der Waals surface area contributed by atoms with Crippen molar-refractivity contribution in [2.45, 2.75) is 72.1 Å². The van der Waals surface area contributed by atoms with Crippen LogP contribution in [0.1, 0.15) is 77.7 Å². The molecule has 112 valence electrons. The monoisotopic (exact) mass is 272 g/mol. The second kappa shape index (κ2) is 9.80. The van der Waals surface area contributed by atoms with Crippen LogP contribution in [-0.4, -0.2) is 0 Å². The van der Waals surface area contributed by atoms with Crippen molar-refractivity contribution in [3.05, 3.63) is 42.0 Å². The molecule has 0 nitrogen and oxygen atoms in total. The van der Waals surface area contributed by atoms with Gasteiger partial charge in [-0.2, -0.15) is 0 Å². The van der Waals surface area contributed by atoms with Gasteiger partial charge >= 0.3 is 0 Å². The predicted molar refractivity (Wildman–Crippen MR) is 91.9 cm³/mol. The smallest absolute Gasteiger partial charge is 0.0172 e. The standard InChI is InChI=1S/C20H32/c1-4-5-6-7-8-9-13-17-20(2,3)18-16-19-14-11-10-12-15-19/h10-12,14-16,18H,4-9,13,17H2,1-3H3. The molecule has 0 unspecified atom stereocenters. The van der Waals surface area contributed by atoms with Gasteiger partial charge in [0.1, 0.15) is 0 Å². The van der Waals surface area contributed by atoms with Crippen LogP contribution in [0.25, 0.3) is 6.08 Å². The van der Waals surface area contributed by atoms with Crippen molar-refractivity contribution in [3.63, 3.8) is 0 Å². The fourth-order valence-electron chi connectivity index (χ4n) is 2.51. The SMILES string of the molecule is CCCCCCCCCC(C)(C)C=Cc1ccccc1. The van der Waals surface area contributed by atoms with Crippen molar-refractivity contribution in [3.8, 4) is 0 Å². The van der Waals surface area contributed by atoms with Gasteiger partial charge in [0.05, 0.1) is 0 Å². The molecule has 0 heterocycles. The van der Waals surface area contributed by atoms with E-state index in [1.165, 1.54) is 56.9 Å². The van der Waals surface area contributed by atoms with Gasteiger partial charge in [-0.3, -0.25) is 0 Å². The topological polar surface area (TPSA) is 0 Å². The van der Waals surface area contributed by atoms with E-state index in [1.807, 2.05) is 0 Å². The number of allylic oxidation sites excluding steroid dienone is 1. The van der Waals surface area contributed by atoms with Crippen molar-refractivity contribution < 1.29 is 0 Å². The first-order valence-electron chi connectivity index (χ1n) is 8.38. The summed E-state index contributed by atoms with van der Waals surface area (Å²) in [5.74, 6) is 0. The van der Waals surface area contributed by atoms with Crippen LogP contribution in [0.4, 0.5) is 0 Å². The molecule has 1 aromatic carbocycles. The Kier molecular flexibility index (Phi) is 8.34. The van der Waals surface area contributed by atoms with Crippen LogP contribution in [0.3, 0.4) is 0 Å². The van der Waals surface area contributed by atoms with Gasteiger partial charge in [0.2, 0.25) is 0 Å². The first-order valence-corrected chi connectivity index (χ1v) is 8.38. The van der Waals surface area contributed by atoms with Crippen molar-refractivity contribution in [1.29, 1.82) is 0 Å². The minimum absolute atomic E-state index is 0.319. The first-order chi connectivity index (χ1) is 9.64. The normalized spacial score (nSPS) is 12.2. The number of hydrogen-bond donors (Lipinski definition) is 0. The summed E-state index contributed by atoms with van der Waals surface area (Å²) in [4.78, 5) is 0. The largest absolute Gasteiger partial charge is 0.0783 e. The van der Waals surface area contributed by atoms with Crippen LogP contribution in [0.2, 0.25) is 0 Å². The van der Waals surface area contributed by atoms with Crippen LogP contribution in [0.5, 0.6) is 0 Å². The minimum atomic E-state index is 0.319. The molecule has 0 spiro atoms. The molecule has 1 rings (SSSR count). The molecule has 0 bridgehead atoms. The quantitative estimate of drug-likeness (QED) is 0.408. The van der Waals surface area contributed by atoms with Crippen molar-refractivity contribution in [1.82, 2.24) is 0 Å². The third-order valence-corrected chi connectivity index (χ3v) is 3.95. The maximum atomic E-state index is 2.37. The molecule has 0 fully saturated rings. The zero-order valence-corrected chi connectivity index (χ0v) is 13.7. The van der Waals surface area contributed by atoms with E-state index in [4.69, 9.17) is 0 Å². The third-order valence-electron chi connectivity index (χ3n) is 3.95. The predicted octanol–water partition coefficient (Wildman–Crippen LogP) is 6.87. The lowest BCUT2D eigenvalue weighted by Gasteiger charge is -2.20. The lowest BCUT2D eigenvalue weighted by Crippen LogP contribution is -2.06. The van der Waals surface area contributed by atoms with Crippen molar-refractivity contribution in [2.75, 3.05) is 0 Å². The summed E-state index contributed by atoms with van der Waals surface area (Å²) >= 11 is 0. The minimum Gasteiger partial charge on any atom is -0.0783 e. The fourth-order valence-corrected chi connectivity index (χ4v) is 2.51. The molecule has 1 aromatic rings. The Morgan fingerprint density at radius 3 is 2.10 bits per heavy atom. The summed E-state index contributed by atoms with van der Waals surface area (Å²) in [6.07, 6.45) is 15.7. The zero-order valence-electron chi connectivity index (χ0n) is 13.7. The summed E-state index contributed by atoms with van der Waals surface area (Å²) in [6.45, 7) is 6.98. The van der Waals surface area contributed by atoms with Crippen LogP contribution >= 0.6 is 0 Å². The van der Waals surface area contributed by atoms with E-state index in [0.29, 0.717) is 5.41 Å². The highest BCUT2D eigenvalue weighted by Gasteiger charge is 2.12. The molecular weight excluding hydrogens is 240 g/mol. The number of hydrogen-bond acceptors (Lipinski definition) is 0. The Morgan fingerprint density at radius 2 is 1.45 bits per heavy atom. The fraction of sp³-hybridized carbons (Fsp3) is 0.600. The second-order valence-electron chi connectivity index (χ2n) is 6.60. The molecule has 0 N–H and O–H groups in total. The van der Waals surface area contributed by atoms with E-state index < -0.39 is 0 Å². The molecular formula is C20H32. The molecule has 0 saturated heterocycles. The average molecular weight is 272 g/mol. The van der Waals surface area contributed by atoms with E-state index in [0.717, 1.165) is 0 Å². The van der Waals surface area contributed by atoms with Gasteiger partial charge in [0.25, 0.3) is 0 Å². The molecule has 0 aliphatic rings. The maximum Gasteiger partial charge on any atom is -0.0172 e. The van der Waals surface area contributed by atoms with E-state index in [9.17, 15) is 0 Å². The van der Waals surface area contributed by atoms with Crippen LogP contribution in [0, 0.1) is 5.41 Å². The van der Waals surface area contributed by atoms with Crippen LogP contribution in [0.15, 0.2) is 36.4 Å².